The molecule has 0 unspecified atom stereocenters. The minimum atomic E-state index is -3.97. The Morgan fingerprint density at radius 3 is 2.47 bits per heavy atom. The van der Waals surface area contributed by atoms with Crippen LogP contribution in [-0.2, 0) is 19.6 Å². The molecular weight excluding hydrogens is 519 g/mol. The highest BCUT2D eigenvalue weighted by atomic mass is 35.5. The fraction of sp³-hybridized carbons (Fsp3) is 0.500. The van der Waals surface area contributed by atoms with Gasteiger partial charge in [-0.2, -0.15) is 4.31 Å². The highest BCUT2D eigenvalue weighted by Crippen LogP contribution is 2.31. The summed E-state index contributed by atoms with van der Waals surface area (Å²) in [5, 5.41) is 5.46. The zero-order valence-electron chi connectivity index (χ0n) is 18.5. The summed E-state index contributed by atoms with van der Waals surface area (Å²) in [5.41, 5.74) is 0. The van der Waals surface area contributed by atoms with Crippen LogP contribution in [0.5, 0.6) is 0 Å². The third-order valence-corrected chi connectivity index (χ3v) is 9.27. The second kappa shape index (κ2) is 10.9. The number of hydrogen-bond acceptors (Lipinski definition) is 6. The van der Waals surface area contributed by atoms with Crippen LogP contribution in [-0.4, -0.2) is 60.1 Å². The van der Waals surface area contributed by atoms with Gasteiger partial charge in [-0.25, -0.2) is 13.4 Å². The van der Waals surface area contributed by atoms with E-state index in [0.717, 1.165) is 30.0 Å². The van der Waals surface area contributed by atoms with Crippen LogP contribution >= 0.6 is 34.5 Å². The highest BCUT2D eigenvalue weighted by Gasteiger charge is 2.39. The van der Waals surface area contributed by atoms with Crippen molar-refractivity contribution in [2.75, 3.05) is 25.0 Å². The molecule has 2 fully saturated rings. The van der Waals surface area contributed by atoms with E-state index in [9.17, 15) is 18.0 Å². The maximum atomic E-state index is 13.2. The van der Waals surface area contributed by atoms with Crippen molar-refractivity contribution in [3.05, 3.63) is 39.8 Å². The van der Waals surface area contributed by atoms with Crippen molar-refractivity contribution >= 4 is 61.5 Å². The van der Waals surface area contributed by atoms with E-state index in [4.69, 9.17) is 23.2 Å². The Bertz CT molecular complexity index is 1120. The van der Waals surface area contributed by atoms with Gasteiger partial charge in [0.15, 0.2) is 5.13 Å². The lowest BCUT2D eigenvalue weighted by Crippen LogP contribution is -2.58. The molecule has 1 aromatic carbocycles. The van der Waals surface area contributed by atoms with Crippen molar-refractivity contribution in [3.63, 3.8) is 0 Å². The van der Waals surface area contributed by atoms with Gasteiger partial charge < -0.3 is 10.2 Å². The van der Waals surface area contributed by atoms with E-state index in [0.29, 0.717) is 17.5 Å². The zero-order chi connectivity index (χ0) is 24.3. The number of benzene rings is 1. The first kappa shape index (κ1) is 25.4. The average molecular weight is 546 g/mol. The second-order valence-corrected chi connectivity index (χ2v) is 12.3. The molecule has 2 aliphatic rings. The number of anilines is 1. The molecule has 1 saturated heterocycles. The van der Waals surface area contributed by atoms with Crippen LogP contribution in [0.15, 0.2) is 34.7 Å². The predicted molar refractivity (Wildman–Crippen MR) is 133 cm³/mol. The molecule has 184 valence electrons. The first-order chi connectivity index (χ1) is 16.2. The number of rotatable bonds is 7. The van der Waals surface area contributed by atoms with E-state index in [-0.39, 0.29) is 40.5 Å². The van der Waals surface area contributed by atoms with E-state index < -0.39 is 22.0 Å². The average Bonchev–Trinajstić information content (AvgIpc) is 3.30. The lowest BCUT2D eigenvalue weighted by atomic mass is 9.84. The van der Waals surface area contributed by atoms with Crippen molar-refractivity contribution in [2.24, 2.45) is 5.92 Å². The van der Waals surface area contributed by atoms with Crippen molar-refractivity contribution in [3.8, 4) is 0 Å². The molecule has 1 aliphatic heterocycles. The van der Waals surface area contributed by atoms with E-state index >= 15 is 0 Å². The van der Waals surface area contributed by atoms with Gasteiger partial charge in [0.2, 0.25) is 21.8 Å². The minimum absolute atomic E-state index is 0.0634. The van der Waals surface area contributed by atoms with Gasteiger partial charge in [-0.05, 0) is 30.5 Å². The first-order valence-corrected chi connectivity index (χ1v) is 14.3. The number of nitrogens with zero attached hydrogens (tertiary/aromatic N) is 3. The molecule has 4 rings (SSSR count). The number of aromatic nitrogens is 1. The van der Waals surface area contributed by atoms with Crippen LogP contribution in [0.3, 0.4) is 0 Å². The molecule has 1 aromatic heterocycles. The predicted octanol–water partition coefficient (Wildman–Crippen LogP) is 4.26. The zero-order valence-corrected chi connectivity index (χ0v) is 21.6. The van der Waals surface area contributed by atoms with E-state index in [1.54, 1.807) is 11.6 Å². The lowest BCUT2D eigenvalue weighted by molar-refractivity contribution is -0.142. The molecule has 2 aromatic rings. The molecule has 0 bridgehead atoms. The number of thiazole rings is 1. The maximum absolute atomic E-state index is 13.2. The topological polar surface area (TPSA) is 99.7 Å². The Morgan fingerprint density at radius 1 is 1.15 bits per heavy atom. The molecule has 1 atom stereocenters. The largest absolute Gasteiger partial charge is 0.328 e. The Hall–Kier alpha value is -1.72. The third kappa shape index (κ3) is 5.91. The molecule has 0 spiro atoms. The quantitative estimate of drug-likeness (QED) is 0.561. The van der Waals surface area contributed by atoms with Gasteiger partial charge in [0.25, 0.3) is 0 Å². The van der Waals surface area contributed by atoms with E-state index in [1.165, 1.54) is 40.9 Å². The molecular formula is C22H26Cl2N4O4S2. The number of nitrogens with one attached hydrogen (secondary N) is 1. The Kier molecular flexibility index (Phi) is 8.14. The molecule has 12 heteroatoms. The van der Waals surface area contributed by atoms with Crippen LogP contribution in [0, 0.1) is 5.92 Å². The van der Waals surface area contributed by atoms with Crippen molar-refractivity contribution in [1.82, 2.24) is 14.2 Å². The fourth-order valence-corrected chi connectivity index (χ4v) is 7.25. The number of carbonyl (C=O) groups excluding carboxylic acids is 2. The molecule has 1 N–H and O–H groups in total. The van der Waals surface area contributed by atoms with Gasteiger partial charge in [0.1, 0.15) is 6.04 Å². The maximum Gasteiger partial charge on any atom is 0.248 e. The number of sulfonamides is 1. The highest BCUT2D eigenvalue weighted by molar-refractivity contribution is 7.89. The van der Waals surface area contributed by atoms with Crippen LogP contribution < -0.4 is 5.32 Å². The summed E-state index contributed by atoms with van der Waals surface area (Å²) in [4.78, 5) is 32.0. The molecule has 1 aliphatic carbocycles. The summed E-state index contributed by atoms with van der Waals surface area (Å²) < 4.78 is 27.4. The van der Waals surface area contributed by atoms with Crippen LogP contribution in [0.25, 0.3) is 0 Å². The summed E-state index contributed by atoms with van der Waals surface area (Å²) >= 11 is 13.3. The van der Waals surface area contributed by atoms with Gasteiger partial charge in [0, 0.05) is 34.7 Å². The van der Waals surface area contributed by atoms with E-state index in [2.05, 4.69) is 10.3 Å². The first-order valence-electron chi connectivity index (χ1n) is 11.2. The molecule has 2 amide bonds. The Balaban J connectivity index is 1.51. The van der Waals surface area contributed by atoms with Gasteiger partial charge in [-0.3, -0.25) is 9.59 Å². The molecule has 0 radical (unpaired) electrons. The number of carbonyl (C=O) groups is 2. The molecule has 1 saturated carbocycles. The minimum Gasteiger partial charge on any atom is -0.328 e. The number of hydrogen-bond donors (Lipinski definition) is 1. The number of piperazine rings is 1. The van der Waals surface area contributed by atoms with Crippen LogP contribution in [0.4, 0.5) is 5.13 Å². The fourth-order valence-electron chi connectivity index (χ4n) is 4.61. The molecule has 34 heavy (non-hydrogen) atoms. The SMILES string of the molecule is O=C(Nc1nccs1)[C@H](CC1CCCCC1)N1CCN(S(=O)(=O)c2cc(Cl)cc(Cl)c2)CC1=O. The molecule has 2 heterocycles. The van der Waals surface area contributed by atoms with Crippen molar-refractivity contribution in [1.29, 1.82) is 0 Å². The normalized spacial score (nSPS) is 19.2. The third-order valence-electron chi connectivity index (χ3n) is 6.32. The summed E-state index contributed by atoms with van der Waals surface area (Å²) in [7, 11) is -3.97. The molecule has 8 nitrogen and oxygen atoms in total. The summed E-state index contributed by atoms with van der Waals surface area (Å²) in [6.45, 7) is -0.156. The van der Waals surface area contributed by atoms with Crippen molar-refractivity contribution in [2.45, 2.75) is 49.5 Å². The standard InChI is InChI=1S/C22H26Cl2N4O4S2/c23-16-11-17(24)13-18(12-16)34(31,32)27-7-8-28(20(29)14-27)19(10-15-4-2-1-3-5-15)21(30)26-22-25-6-9-33-22/h6,9,11-13,15,19H,1-5,7-8,10,14H2,(H,25,26,30)/t19-/m0/s1. The lowest BCUT2D eigenvalue weighted by Gasteiger charge is -2.39. The smallest absolute Gasteiger partial charge is 0.248 e. The van der Waals surface area contributed by atoms with E-state index in [1.807, 2.05) is 0 Å². The van der Waals surface area contributed by atoms with Crippen LogP contribution in [0.2, 0.25) is 10.0 Å². The summed E-state index contributed by atoms with van der Waals surface area (Å²) in [6, 6.07) is 3.40. The summed E-state index contributed by atoms with van der Waals surface area (Å²) in [6.07, 6.45) is 7.64. The second-order valence-electron chi connectivity index (χ2n) is 8.61. The van der Waals surface area contributed by atoms with Gasteiger partial charge in [-0.15, -0.1) is 11.3 Å². The monoisotopic (exact) mass is 544 g/mol. The van der Waals surface area contributed by atoms with Gasteiger partial charge >= 0.3 is 0 Å². The number of amides is 2. The van der Waals surface area contributed by atoms with Crippen molar-refractivity contribution < 1.29 is 18.0 Å². The number of halogens is 2. The van der Waals surface area contributed by atoms with Gasteiger partial charge in [-0.1, -0.05) is 55.3 Å². The Labute approximate surface area is 213 Å². The van der Waals surface area contributed by atoms with Crippen LogP contribution in [0.1, 0.15) is 38.5 Å². The van der Waals surface area contributed by atoms with Gasteiger partial charge in [0.05, 0.1) is 11.4 Å². The Morgan fingerprint density at radius 2 is 1.85 bits per heavy atom. The summed E-state index contributed by atoms with van der Waals surface area (Å²) in [5.74, 6) is -0.339.